The number of amides is 1. The Morgan fingerprint density at radius 2 is 1.96 bits per heavy atom. The number of hydrogen-bond acceptors (Lipinski definition) is 5. The van der Waals surface area contributed by atoms with E-state index in [-0.39, 0.29) is 5.91 Å². The number of pyridine rings is 1. The van der Waals surface area contributed by atoms with Gasteiger partial charge in [0.05, 0.1) is 29.8 Å². The van der Waals surface area contributed by atoms with Crippen LogP contribution in [0.5, 0.6) is 5.75 Å². The minimum atomic E-state index is -0.776. The van der Waals surface area contributed by atoms with Gasteiger partial charge in [-0.05, 0) is 30.7 Å². The molecule has 0 bridgehead atoms. The van der Waals surface area contributed by atoms with Crippen LogP contribution in [-0.2, 0) is 0 Å². The first-order chi connectivity index (χ1) is 11.8. The molecule has 6 nitrogen and oxygen atoms in total. The molecule has 0 saturated carbocycles. The summed E-state index contributed by atoms with van der Waals surface area (Å²) < 4.78 is 5.13. The van der Waals surface area contributed by atoms with Crippen molar-refractivity contribution < 1.29 is 14.6 Å². The van der Waals surface area contributed by atoms with E-state index in [1.54, 1.807) is 49.3 Å². The van der Waals surface area contributed by atoms with E-state index in [1.165, 1.54) is 6.20 Å². The van der Waals surface area contributed by atoms with Crippen LogP contribution in [0.4, 0.5) is 5.82 Å². The number of halogens is 1. The van der Waals surface area contributed by atoms with Gasteiger partial charge < -0.3 is 20.1 Å². The average Bonchev–Trinajstić information content (AvgIpc) is 2.58. The highest BCUT2D eigenvalue weighted by molar-refractivity contribution is 6.33. The molecular weight excluding hydrogens is 342 g/mol. The van der Waals surface area contributed by atoms with E-state index < -0.39 is 12.1 Å². The zero-order valence-corrected chi connectivity index (χ0v) is 15.4. The lowest BCUT2D eigenvalue weighted by Gasteiger charge is -2.22. The van der Waals surface area contributed by atoms with Gasteiger partial charge >= 0.3 is 0 Å². The first kappa shape index (κ1) is 19.0. The second-order valence-electron chi connectivity index (χ2n) is 5.89. The number of carbonyl (C=O) groups is 1. The maximum Gasteiger partial charge on any atom is 0.253 e. The van der Waals surface area contributed by atoms with E-state index in [9.17, 15) is 9.90 Å². The summed E-state index contributed by atoms with van der Waals surface area (Å²) in [4.78, 5) is 18.5. The van der Waals surface area contributed by atoms with Gasteiger partial charge in [0.25, 0.3) is 5.91 Å². The van der Waals surface area contributed by atoms with Crippen molar-refractivity contribution in [3.05, 3.63) is 52.7 Å². The van der Waals surface area contributed by atoms with Gasteiger partial charge in [-0.25, -0.2) is 4.98 Å². The fraction of sp³-hybridized carbons (Fsp3) is 0.333. The van der Waals surface area contributed by atoms with Crippen LogP contribution in [0, 0.1) is 0 Å². The van der Waals surface area contributed by atoms with E-state index in [1.807, 2.05) is 14.1 Å². The van der Waals surface area contributed by atoms with Gasteiger partial charge in [-0.3, -0.25) is 4.79 Å². The van der Waals surface area contributed by atoms with E-state index in [2.05, 4.69) is 10.3 Å². The third-order valence-electron chi connectivity index (χ3n) is 3.75. The Labute approximate surface area is 152 Å². The van der Waals surface area contributed by atoms with Crippen molar-refractivity contribution >= 4 is 23.3 Å². The molecule has 2 aromatic rings. The molecule has 0 spiro atoms. The Hall–Kier alpha value is -2.31. The van der Waals surface area contributed by atoms with Crippen molar-refractivity contribution in [2.24, 2.45) is 0 Å². The molecule has 2 rings (SSSR count). The monoisotopic (exact) mass is 363 g/mol. The molecule has 0 aliphatic rings. The van der Waals surface area contributed by atoms with Gasteiger partial charge in [0.2, 0.25) is 0 Å². The topological polar surface area (TPSA) is 74.7 Å². The van der Waals surface area contributed by atoms with Crippen molar-refractivity contribution in [3.63, 3.8) is 0 Å². The molecule has 1 heterocycles. The van der Waals surface area contributed by atoms with Crippen LogP contribution in [0.1, 0.15) is 28.9 Å². The molecule has 0 aliphatic heterocycles. The first-order valence-electron chi connectivity index (χ1n) is 7.79. The summed E-state index contributed by atoms with van der Waals surface area (Å²) in [7, 11) is 5.22. The molecule has 0 fully saturated rings. The maximum absolute atomic E-state index is 12.5. The summed E-state index contributed by atoms with van der Waals surface area (Å²) in [6.07, 6.45) is 0.686. The average molecular weight is 364 g/mol. The molecule has 1 aromatic carbocycles. The number of benzene rings is 1. The fourth-order valence-electron chi connectivity index (χ4n) is 2.40. The third-order valence-corrected chi connectivity index (χ3v) is 4.03. The van der Waals surface area contributed by atoms with Crippen molar-refractivity contribution in [1.29, 1.82) is 0 Å². The zero-order chi connectivity index (χ0) is 18.6. The molecule has 0 saturated heterocycles. The third kappa shape index (κ3) is 4.61. The highest BCUT2D eigenvalue weighted by Gasteiger charge is 2.21. The number of anilines is 1. The number of methoxy groups -OCH3 is 1. The van der Waals surface area contributed by atoms with Crippen LogP contribution in [0.25, 0.3) is 0 Å². The van der Waals surface area contributed by atoms with E-state index in [4.69, 9.17) is 16.3 Å². The molecule has 1 amide bonds. The predicted molar refractivity (Wildman–Crippen MR) is 98.5 cm³/mol. The fourth-order valence-corrected chi connectivity index (χ4v) is 2.74. The summed E-state index contributed by atoms with van der Waals surface area (Å²) in [5.41, 5.74) is 1.10. The minimum absolute atomic E-state index is 0.328. The molecule has 0 aliphatic carbocycles. The Morgan fingerprint density at radius 3 is 2.44 bits per heavy atom. The van der Waals surface area contributed by atoms with Crippen LogP contribution < -0.4 is 15.0 Å². The quantitative estimate of drug-likeness (QED) is 0.825. The number of rotatable bonds is 6. The molecule has 2 atom stereocenters. The summed E-state index contributed by atoms with van der Waals surface area (Å²) >= 11 is 6.17. The highest BCUT2D eigenvalue weighted by Crippen LogP contribution is 2.24. The van der Waals surface area contributed by atoms with Crippen LogP contribution in [0.15, 0.2) is 36.5 Å². The minimum Gasteiger partial charge on any atom is -0.497 e. The number of aliphatic hydroxyl groups is 1. The first-order valence-corrected chi connectivity index (χ1v) is 8.17. The molecule has 134 valence electrons. The van der Waals surface area contributed by atoms with Gasteiger partial charge in [0.1, 0.15) is 11.6 Å². The largest absolute Gasteiger partial charge is 0.497 e. The van der Waals surface area contributed by atoms with Crippen LogP contribution in [0.2, 0.25) is 5.02 Å². The Kier molecular flexibility index (Phi) is 6.22. The van der Waals surface area contributed by atoms with Gasteiger partial charge in [-0.2, -0.15) is 0 Å². The number of nitrogens with zero attached hydrogens (tertiary/aromatic N) is 2. The smallest absolute Gasteiger partial charge is 0.253 e. The normalized spacial score (nSPS) is 13.0. The summed E-state index contributed by atoms with van der Waals surface area (Å²) in [6, 6.07) is 8.16. The molecule has 1 aromatic heterocycles. The number of carbonyl (C=O) groups excluding carboxylic acids is 1. The predicted octanol–water partition coefficient (Wildman–Crippen LogP) is 2.66. The van der Waals surface area contributed by atoms with Gasteiger partial charge in [0.15, 0.2) is 0 Å². The lowest BCUT2D eigenvalue weighted by Crippen LogP contribution is -2.35. The SMILES string of the molecule is COc1ccc(C(NC(=O)c2cnc(N(C)C)c(Cl)c2)C(C)O)cc1. The molecule has 0 radical (unpaired) electrons. The van der Waals surface area contributed by atoms with E-state index in [0.29, 0.717) is 22.2 Å². The Bertz CT molecular complexity index is 733. The van der Waals surface area contributed by atoms with Gasteiger partial charge in [-0.15, -0.1) is 0 Å². The highest BCUT2D eigenvalue weighted by atomic mass is 35.5. The molecule has 2 unspecified atom stereocenters. The second kappa shape index (κ2) is 8.18. The van der Waals surface area contributed by atoms with Crippen LogP contribution in [0.3, 0.4) is 0 Å². The van der Waals surface area contributed by atoms with Crippen LogP contribution >= 0.6 is 11.6 Å². The van der Waals surface area contributed by atoms with Crippen molar-refractivity contribution in [2.75, 3.05) is 26.1 Å². The number of nitrogens with one attached hydrogen (secondary N) is 1. The summed E-state index contributed by atoms with van der Waals surface area (Å²) in [5.74, 6) is 0.927. The number of aliphatic hydroxyl groups excluding tert-OH is 1. The maximum atomic E-state index is 12.5. The number of ether oxygens (including phenoxy) is 1. The molecular formula is C18H22ClN3O3. The molecule has 25 heavy (non-hydrogen) atoms. The van der Waals surface area contributed by atoms with Crippen molar-refractivity contribution in [3.8, 4) is 5.75 Å². The molecule has 7 heteroatoms. The Balaban J connectivity index is 2.21. The van der Waals surface area contributed by atoms with Crippen molar-refractivity contribution in [2.45, 2.75) is 19.1 Å². The summed E-state index contributed by atoms with van der Waals surface area (Å²) in [5, 5.41) is 13.3. The van der Waals surface area contributed by atoms with Crippen LogP contribution in [-0.4, -0.2) is 43.3 Å². The molecule has 2 N–H and O–H groups in total. The second-order valence-corrected chi connectivity index (χ2v) is 6.30. The summed E-state index contributed by atoms with van der Waals surface area (Å²) in [6.45, 7) is 1.62. The Morgan fingerprint density at radius 1 is 1.32 bits per heavy atom. The number of aromatic nitrogens is 1. The standard InChI is InChI=1S/C18H22ClN3O3/c1-11(23)16(12-5-7-14(25-4)8-6-12)21-18(24)13-9-15(19)17(20-10-13)22(2)3/h5-11,16,23H,1-4H3,(H,21,24). The number of hydrogen-bond donors (Lipinski definition) is 2. The van der Waals surface area contributed by atoms with E-state index >= 15 is 0 Å². The zero-order valence-electron chi connectivity index (χ0n) is 14.7. The van der Waals surface area contributed by atoms with Crippen molar-refractivity contribution in [1.82, 2.24) is 10.3 Å². The van der Waals surface area contributed by atoms with E-state index in [0.717, 1.165) is 5.56 Å². The lowest BCUT2D eigenvalue weighted by molar-refractivity contribution is 0.0858. The lowest BCUT2D eigenvalue weighted by atomic mass is 10.0. The van der Waals surface area contributed by atoms with Gasteiger partial charge in [0, 0.05) is 20.3 Å². The van der Waals surface area contributed by atoms with Gasteiger partial charge in [-0.1, -0.05) is 23.7 Å².